The molecule has 0 amide bonds. The van der Waals surface area contributed by atoms with E-state index in [1.54, 1.807) is 24.3 Å². The Morgan fingerprint density at radius 1 is 1.16 bits per heavy atom. The lowest BCUT2D eigenvalue weighted by molar-refractivity contribution is -0.104. The first-order chi connectivity index (χ1) is 12.1. The number of aromatic hydroxyl groups is 2. The van der Waals surface area contributed by atoms with Crippen LogP contribution in [-0.2, 0) is 11.4 Å². The number of aliphatic hydroxyl groups is 1. The number of hydrogen-bond acceptors (Lipinski definition) is 6. The molecule has 0 fully saturated rings. The highest BCUT2D eigenvalue weighted by Crippen LogP contribution is 2.40. The van der Waals surface area contributed by atoms with Crippen molar-refractivity contribution in [3.05, 3.63) is 47.5 Å². The summed E-state index contributed by atoms with van der Waals surface area (Å²) in [5.41, 5.74) is 1.90. The standard InChI is InChI=1S/C19H16O6/c1-24-17-9-12(4-5-15(17)22)18-14(10-21)13-7-11(3-2-6-20)8-16(23)19(13)25-18/h2-9,21-23H,10H2,1H3. The van der Waals surface area contributed by atoms with Gasteiger partial charge in [0.15, 0.2) is 22.8 Å². The van der Waals surface area contributed by atoms with Gasteiger partial charge < -0.3 is 24.5 Å². The number of fused-ring (bicyclic) bond motifs is 1. The van der Waals surface area contributed by atoms with Crippen LogP contribution in [0.25, 0.3) is 28.4 Å². The average Bonchev–Trinajstić information content (AvgIpc) is 2.99. The highest BCUT2D eigenvalue weighted by atomic mass is 16.5. The fourth-order valence-corrected chi connectivity index (χ4v) is 2.71. The molecule has 0 radical (unpaired) electrons. The molecular formula is C19H16O6. The van der Waals surface area contributed by atoms with Crippen LogP contribution < -0.4 is 4.74 Å². The maximum absolute atomic E-state index is 10.5. The molecular weight excluding hydrogens is 324 g/mol. The zero-order valence-electron chi connectivity index (χ0n) is 13.4. The molecule has 0 bridgehead atoms. The van der Waals surface area contributed by atoms with E-state index in [-0.39, 0.29) is 29.4 Å². The number of furan rings is 1. The first-order valence-corrected chi connectivity index (χ1v) is 7.47. The van der Waals surface area contributed by atoms with Gasteiger partial charge in [-0.05, 0) is 42.0 Å². The van der Waals surface area contributed by atoms with E-state index in [4.69, 9.17) is 9.15 Å². The average molecular weight is 340 g/mol. The molecule has 6 heteroatoms. The van der Waals surface area contributed by atoms with Crippen molar-refractivity contribution < 1.29 is 29.3 Å². The number of carbonyl (C=O) groups is 1. The molecule has 1 aromatic heterocycles. The van der Waals surface area contributed by atoms with Crippen LogP contribution in [0.3, 0.4) is 0 Å². The zero-order chi connectivity index (χ0) is 18.0. The van der Waals surface area contributed by atoms with Crippen molar-refractivity contribution in [1.29, 1.82) is 0 Å². The fourth-order valence-electron chi connectivity index (χ4n) is 2.71. The number of benzene rings is 2. The molecule has 128 valence electrons. The molecule has 0 spiro atoms. The van der Waals surface area contributed by atoms with Crippen LogP contribution in [0.2, 0.25) is 0 Å². The molecule has 0 aliphatic carbocycles. The van der Waals surface area contributed by atoms with E-state index in [2.05, 4.69) is 0 Å². The van der Waals surface area contributed by atoms with Gasteiger partial charge in [-0.15, -0.1) is 0 Å². The lowest BCUT2D eigenvalue weighted by Gasteiger charge is -2.06. The van der Waals surface area contributed by atoms with Crippen LogP contribution in [-0.4, -0.2) is 28.7 Å². The normalized spacial score (nSPS) is 11.3. The summed E-state index contributed by atoms with van der Waals surface area (Å²) in [6.07, 6.45) is 3.49. The van der Waals surface area contributed by atoms with Gasteiger partial charge in [-0.25, -0.2) is 0 Å². The quantitative estimate of drug-likeness (QED) is 0.487. The van der Waals surface area contributed by atoms with Crippen LogP contribution in [0.1, 0.15) is 11.1 Å². The van der Waals surface area contributed by atoms with Crippen molar-refractivity contribution in [3.63, 3.8) is 0 Å². The minimum Gasteiger partial charge on any atom is -0.504 e. The van der Waals surface area contributed by atoms with Crippen molar-refractivity contribution in [2.45, 2.75) is 6.61 Å². The Morgan fingerprint density at radius 3 is 2.64 bits per heavy atom. The summed E-state index contributed by atoms with van der Waals surface area (Å²) < 4.78 is 10.9. The summed E-state index contributed by atoms with van der Waals surface area (Å²) in [5.74, 6) is 0.509. The van der Waals surface area contributed by atoms with Crippen LogP contribution in [0.15, 0.2) is 40.8 Å². The summed E-state index contributed by atoms with van der Waals surface area (Å²) in [5, 5.41) is 30.3. The van der Waals surface area contributed by atoms with E-state index in [1.165, 1.54) is 25.3 Å². The number of phenols is 2. The molecule has 1 heterocycles. The monoisotopic (exact) mass is 340 g/mol. The lowest BCUT2D eigenvalue weighted by atomic mass is 10.0. The second kappa shape index (κ2) is 6.70. The van der Waals surface area contributed by atoms with Crippen molar-refractivity contribution in [1.82, 2.24) is 0 Å². The van der Waals surface area contributed by atoms with Gasteiger partial charge in [0.05, 0.1) is 13.7 Å². The maximum Gasteiger partial charge on any atom is 0.176 e. The molecule has 0 aliphatic rings. The molecule has 0 atom stereocenters. The van der Waals surface area contributed by atoms with Crippen LogP contribution in [0, 0.1) is 0 Å². The number of aliphatic hydroxyl groups excluding tert-OH is 1. The largest absolute Gasteiger partial charge is 0.504 e. The molecule has 3 rings (SSSR count). The second-order valence-electron chi connectivity index (χ2n) is 5.37. The summed E-state index contributed by atoms with van der Waals surface area (Å²) in [6.45, 7) is -0.314. The lowest BCUT2D eigenvalue weighted by Crippen LogP contribution is -1.88. The SMILES string of the molecule is COc1cc(-c2oc3c(O)cc(C=CC=O)cc3c2CO)ccc1O. The number of phenolic OH excluding ortho intramolecular Hbond substituents is 2. The molecule has 0 aliphatic heterocycles. The van der Waals surface area contributed by atoms with E-state index < -0.39 is 0 Å². The molecule has 25 heavy (non-hydrogen) atoms. The molecule has 0 saturated carbocycles. The second-order valence-corrected chi connectivity index (χ2v) is 5.37. The van der Waals surface area contributed by atoms with Gasteiger partial charge in [-0.2, -0.15) is 0 Å². The van der Waals surface area contributed by atoms with E-state index in [0.717, 1.165) is 0 Å². The van der Waals surface area contributed by atoms with Gasteiger partial charge in [-0.3, -0.25) is 4.79 Å². The number of ether oxygens (including phenoxy) is 1. The van der Waals surface area contributed by atoms with Gasteiger partial charge in [0.25, 0.3) is 0 Å². The molecule has 0 saturated heterocycles. The summed E-state index contributed by atoms with van der Waals surface area (Å²) >= 11 is 0. The molecule has 6 nitrogen and oxygen atoms in total. The highest BCUT2D eigenvalue weighted by Gasteiger charge is 2.19. The van der Waals surface area contributed by atoms with Gasteiger partial charge in [0.2, 0.25) is 0 Å². The highest BCUT2D eigenvalue weighted by molar-refractivity contribution is 5.93. The van der Waals surface area contributed by atoms with Gasteiger partial charge >= 0.3 is 0 Å². The number of methoxy groups -OCH3 is 1. The van der Waals surface area contributed by atoms with E-state index in [9.17, 15) is 20.1 Å². The Morgan fingerprint density at radius 2 is 1.96 bits per heavy atom. The molecule has 3 N–H and O–H groups in total. The zero-order valence-corrected chi connectivity index (χ0v) is 13.4. The summed E-state index contributed by atoms with van der Waals surface area (Å²) in [6, 6.07) is 7.84. The Hall–Kier alpha value is -3.25. The minimum atomic E-state index is -0.314. The third-order valence-electron chi connectivity index (χ3n) is 3.86. The van der Waals surface area contributed by atoms with Crippen molar-refractivity contribution in [2.75, 3.05) is 7.11 Å². The number of rotatable bonds is 5. The maximum atomic E-state index is 10.5. The molecule has 0 unspecified atom stereocenters. The number of carbonyl (C=O) groups excluding carboxylic acids is 1. The van der Waals surface area contributed by atoms with Crippen LogP contribution >= 0.6 is 0 Å². The number of allylic oxidation sites excluding steroid dienone is 1. The van der Waals surface area contributed by atoms with E-state index in [1.807, 2.05) is 0 Å². The Kier molecular flexibility index (Phi) is 4.45. The van der Waals surface area contributed by atoms with E-state index in [0.29, 0.717) is 34.1 Å². The fraction of sp³-hybridized carbons (Fsp3) is 0.105. The number of aldehydes is 1. The minimum absolute atomic E-state index is 0.0166. The first kappa shape index (κ1) is 16.6. The Bertz CT molecular complexity index is 968. The summed E-state index contributed by atoms with van der Waals surface area (Å²) in [7, 11) is 1.43. The van der Waals surface area contributed by atoms with Crippen molar-refractivity contribution in [2.24, 2.45) is 0 Å². The molecule has 3 aromatic rings. The first-order valence-electron chi connectivity index (χ1n) is 7.47. The predicted molar refractivity (Wildman–Crippen MR) is 92.6 cm³/mol. The third-order valence-corrected chi connectivity index (χ3v) is 3.86. The number of hydrogen-bond donors (Lipinski definition) is 3. The van der Waals surface area contributed by atoms with Gasteiger partial charge in [-0.1, -0.05) is 6.08 Å². The van der Waals surface area contributed by atoms with Crippen LogP contribution in [0.4, 0.5) is 0 Å². The van der Waals surface area contributed by atoms with Crippen molar-refractivity contribution in [3.8, 4) is 28.6 Å². The smallest absolute Gasteiger partial charge is 0.176 e. The Labute approximate surface area is 143 Å². The van der Waals surface area contributed by atoms with E-state index >= 15 is 0 Å². The van der Waals surface area contributed by atoms with Crippen molar-refractivity contribution >= 4 is 23.3 Å². The van der Waals surface area contributed by atoms with Gasteiger partial charge in [0.1, 0.15) is 12.0 Å². The van der Waals surface area contributed by atoms with Gasteiger partial charge in [0, 0.05) is 16.5 Å². The predicted octanol–water partition coefficient (Wildman–Crippen LogP) is 3.22. The summed E-state index contributed by atoms with van der Waals surface area (Å²) in [4.78, 5) is 10.5. The third kappa shape index (κ3) is 2.95. The van der Waals surface area contributed by atoms with Crippen LogP contribution in [0.5, 0.6) is 17.2 Å². The molecule has 2 aromatic carbocycles. The topological polar surface area (TPSA) is 100 Å². The Balaban J connectivity index is 2.24.